The van der Waals surface area contributed by atoms with Crippen LogP contribution in [-0.4, -0.2) is 56.7 Å². The van der Waals surface area contributed by atoms with Gasteiger partial charge in [0.1, 0.15) is 5.83 Å². The second-order valence-corrected chi connectivity index (χ2v) is 8.39. The second kappa shape index (κ2) is 10.3. The maximum absolute atomic E-state index is 15.2. The molecule has 1 atom stereocenters. The number of hydrogen-bond acceptors (Lipinski definition) is 5. The predicted octanol–water partition coefficient (Wildman–Crippen LogP) is 3.06. The number of hydrogen-bond donors (Lipinski definition) is 2. The number of carbonyl (C=O) groups is 1. The molecule has 0 spiro atoms. The third-order valence-electron chi connectivity index (χ3n) is 5.94. The summed E-state index contributed by atoms with van der Waals surface area (Å²) in [6.45, 7) is 1.75. The highest BCUT2D eigenvalue weighted by Crippen LogP contribution is 2.32. The third-order valence-corrected chi connectivity index (χ3v) is 5.94. The van der Waals surface area contributed by atoms with Gasteiger partial charge in [-0.2, -0.15) is 10.2 Å². The number of urea groups is 1. The molecule has 1 fully saturated rings. The number of ether oxygens (including phenoxy) is 1. The standard InChI is InChI=1S/C22H28F3N7O2/c1-30-11-14(10-27-30)2-3-17(23)18(4-5-20(24)25)28-21-16-12-31(22(26)33)8-6-19(16)32(29-21)15-7-9-34-13-15/h3-4,10-11,15,20H,2,5-9,12-13H2,1H3,(H2,26,33)(H,28,29)/b17-3+,18-4+/t15-/m0/s1. The highest BCUT2D eigenvalue weighted by molar-refractivity contribution is 5.73. The Labute approximate surface area is 195 Å². The summed E-state index contributed by atoms with van der Waals surface area (Å²) in [4.78, 5) is 13.3. The molecule has 0 aliphatic carbocycles. The van der Waals surface area contributed by atoms with Crippen LogP contribution in [0.25, 0.3) is 0 Å². The fourth-order valence-electron chi connectivity index (χ4n) is 4.19. The van der Waals surface area contributed by atoms with Crippen LogP contribution in [0.2, 0.25) is 0 Å². The summed E-state index contributed by atoms with van der Waals surface area (Å²) in [5.74, 6) is -0.363. The molecule has 2 aromatic rings. The summed E-state index contributed by atoms with van der Waals surface area (Å²) in [7, 11) is 1.75. The van der Waals surface area contributed by atoms with Crippen molar-refractivity contribution in [2.45, 2.75) is 44.7 Å². The van der Waals surface area contributed by atoms with Crippen LogP contribution in [0, 0.1) is 0 Å². The Morgan fingerprint density at radius 3 is 2.88 bits per heavy atom. The number of carbonyl (C=O) groups excluding carboxylic acids is 1. The first kappa shape index (κ1) is 23.9. The zero-order valence-corrected chi connectivity index (χ0v) is 18.9. The van der Waals surface area contributed by atoms with Gasteiger partial charge in [0.15, 0.2) is 5.82 Å². The molecule has 2 aliphatic heterocycles. The van der Waals surface area contributed by atoms with Gasteiger partial charge in [-0.3, -0.25) is 9.36 Å². The zero-order chi connectivity index (χ0) is 24.2. The Balaban J connectivity index is 1.64. The number of allylic oxidation sites excluding steroid dienone is 3. The van der Waals surface area contributed by atoms with Gasteiger partial charge in [0.25, 0.3) is 0 Å². The van der Waals surface area contributed by atoms with E-state index in [1.807, 2.05) is 4.68 Å². The quantitative estimate of drug-likeness (QED) is 0.567. The average Bonchev–Trinajstić information content (AvgIpc) is 3.54. The Morgan fingerprint density at radius 1 is 1.41 bits per heavy atom. The number of anilines is 1. The maximum Gasteiger partial charge on any atom is 0.315 e. The average molecular weight is 480 g/mol. The fourth-order valence-corrected chi connectivity index (χ4v) is 4.19. The first-order valence-corrected chi connectivity index (χ1v) is 11.1. The lowest BCUT2D eigenvalue weighted by Gasteiger charge is -2.27. The van der Waals surface area contributed by atoms with Gasteiger partial charge >= 0.3 is 6.03 Å². The van der Waals surface area contributed by atoms with Crippen LogP contribution in [0.3, 0.4) is 0 Å². The fraction of sp³-hybridized carbons (Fsp3) is 0.500. The van der Waals surface area contributed by atoms with Gasteiger partial charge in [0, 0.05) is 50.5 Å². The van der Waals surface area contributed by atoms with Crippen molar-refractivity contribution in [3.8, 4) is 0 Å². The monoisotopic (exact) mass is 479 g/mol. The molecule has 0 saturated carbocycles. The van der Waals surface area contributed by atoms with Crippen molar-refractivity contribution < 1.29 is 22.7 Å². The number of aryl methyl sites for hydroxylation is 1. The van der Waals surface area contributed by atoms with Gasteiger partial charge in [-0.1, -0.05) is 6.08 Å². The summed E-state index contributed by atoms with van der Waals surface area (Å²) < 4.78 is 50.0. The number of halogens is 3. The Hall–Kier alpha value is -3.28. The van der Waals surface area contributed by atoms with Crippen molar-refractivity contribution in [1.29, 1.82) is 0 Å². The number of primary amides is 1. The van der Waals surface area contributed by atoms with Crippen molar-refractivity contribution in [3.63, 3.8) is 0 Å². The lowest BCUT2D eigenvalue weighted by molar-refractivity contribution is 0.152. The van der Waals surface area contributed by atoms with Crippen molar-refractivity contribution in [2.75, 3.05) is 25.1 Å². The second-order valence-electron chi connectivity index (χ2n) is 8.39. The van der Waals surface area contributed by atoms with Crippen LogP contribution in [0.15, 0.2) is 36.1 Å². The minimum Gasteiger partial charge on any atom is -0.379 e. The van der Waals surface area contributed by atoms with Crippen LogP contribution < -0.4 is 11.1 Å². The molecule has 4 heterocycles. The minimum absolute atomic E-state index is 0.0175. The Morgan fingerprint density at radius 2 is 2.24 bits per heavy atom. The van der Waals surface area contributed by atoms with Crippen LogP contribution in [0.4, 0.5) is 23.8 Å². The van der Waals surface area contributed by atoms with E-state index in [9.17, 15) is 13.6 Å². The zero-order valence-electron chi connectivity index (χ0n) is 18.9. The molecule has 184 valence electrons. The van der Waals surface area contributed by atoms with Crippen molar-refractivity contribution in [1.82, 2.24) is 24.5 Å². The van der Waals surface area contributed by atoms with E-state index in [0.717, 1.165) is 23.8 Å². The van der Waals surface area contributed by atoms with Gasteiger partial charge in [-0.25, -0.2) is 18.0 Å². The molecule has 34 heavy (non-hydrogen) atoms. The molecule has 4 rings (SSSR count). The third kappa shape index (κ3) is 5.44. The molecule has 0 aromatic carbocycles. The molecule has 2 amide bonds. The molecular formula is C22H28F3N7O2. The number of nitrogens with two attached hydrogens (primary N) is 1. The van der Waals surface area contributed by atoms with Crippen LogP contribution in [0.5, 0.6) is 0 Å². The highest BCUT2D eigenvalue weighted by Gasteiger charge is 2.31. The van der Waals surface area contributed by atoms with Crippen molar-refractivity contribution in [3.05, 3.63) is 52.9 Å². The van der Waals surface area contributed by atoms with E-state index >= 15 is 4.39 Å². The van der Waals surface area contributed by atoms with E-state index in [1.54, 1.807) is 24.1 Å². The summed E-state index contributed by atoms with van der Waals surface area (Å²) in [5.41, 5.74) is 7.76. The molecule has 3 N–H and O–H groups in total. The first-order chi connectivity index (χ1) is 16.3. The van der Waals surface area contributed by atoms with Crippen LogP contribution in [0.1, 0.15) is 35.7 Å². The molecule has 1 saturated heterocycles. The molecular weight excluding hydrogens is 451 g/mol. The maximum atomic E-state index is 15.2. The number of aromatic nitrogens is 4. The number of nitrogens with one attached hydrogen (secondary N) is 1. The van der Waals surface area contributed by atoms with Gasteiger partial charge in [-0.05, 0) is 24.5 Å². The molecule has 12 heteroatoms. The number of amides is 2. The van der Waals surface area contributed by atoms with Gasteiger partial charge in [0.2, 0.25) is 6.43 Å². The summed E-state index contributed by atoms with van der Waals surface area (Å²) >= 11 is 0. The molecule has 0 bridgehead atoms. The van der Waals surface area contributed by atoms with Gasteiger partial charge < -0.3 is 20.7 Å². The van der Waals surface area contributed by atoms with E-state index in [4.69, 9.17) is 10.5 Å². The summed E-state index contributed by atoms with van der Waals surface area (Å²) in [6, 6.07) is -0.548. The van der Waals surface area contributed by atoms with E-state index in [2.05, 4.69) is 15.5 Å². The van der Waals surface area contributed by atoms with E-state index < -0.39 is 24.7 Å². The SMILES string of the molecule is Cn1cc(C/C=C(F)\C(=C/CC(F)F)Nc2nn([C@H]3CCOC3)c3c2CN(C(N)=O)CC3)cn1. The highest BCUT2D eigenvalue weighted by atomic mass is 19.3. The first-order valence-electron chi connectivity index (χ1n) is 11.1. The van der Waals surface area contributed by atoms with Crippen LogP contribution in [-0.2, 0) is 31.2 Å². The largest absolute Gasteiger partial charge is 0.379 e. The Bertz CT molecular complexity index is 1090. The van der Waals surface area contributed by atoms with E-state index in [0.29, 0.717) is 37.6 Å². The molecule has 0 unspecified atom stereocenters. The Kier molecular flexibility index (Phi) is 7.25. The minimum atomic E-state index is -2.63. The van der Waals surface area contributed by atoms with Crippen molar-refractivity contribution in [2.24, 2.45) is 12.8 Å². The summed E-state index contributed by atoms with van der Waals surface area (Å²) in [5, 5.41) is 11.6. The van der Waals surface area contributed by atoms with E-state index in [-0.39, 0.29) is 24.7 Å². The molecule has 0 radical (unpaired) electrons. The molecule has 9 nitrogen and oxygen atoms in total. The normalized spacial score (nSPS) is 19.1. The number of nitrogens with zero attached hydrogens (tertiary/aromatic N) is 5. The number of alkyl halides is 2. The van der Waals surface area contributed by atoms with Crippen LogP contribution >= 0.6 is 0 Å². The lowest BCUT2D eigenvalue weighted by Crippen LogP contribution is -2.40. The number of rotatable bonds is 8. The molecule has 2 aromatic heterocycles. The summed E-state index contributed by atoms with van der Waals surface area (Å²) in [6.07, 6.45) is 4.09. The smallest absolute Gasteiger partial charge is 0.315 e. The van der Waals surface area contributed by atoms with Gasteiger partial charge in [0.05, 0.1) is 31.1 Å². The molecule has 2 aliphatic rings. The topological polar surface area (TPSA) is 103 Å². The van der Waals surface area contributed by atoms with Crippen molar-refractivity contribution >= 4 is 11.8 Å². The lowest BCUT2D eigenvalue weighted by atomic mass is 10.1. The predicted molar refractivity (Wildman–Crippen MR) is 119 cm³/mol. The van der Waals surface area contributed by atoms with E-state index in [1.165, 1.54) is 11.0 Å². The number of fused-ring (bicyclic) bond motifs is 1. The van der Waals surface area contributed by atoms with Gasteiger partial charge in [-0.15, -0.1) is 0 Å².